The van der Waals surface area contributed by atoms with E-state index in [1.54, 1.807) is 0 Å². The van der Waals surface area contributed by atoms with Crippen LogP contribution < -0.4 is 5.32 Å². The summed E-state index contributed by atoms with van der Waals surface area (Å²) in [5.41, 5.74) is 0. The fourth-order valence-electron chi connectivity index (χ4n) is 1.28. The number of hydrogen-bond acceptors (Lipinski definition) is 3. The Bertz CT molecular complexity index is 136. The number of methoxy groups -OCH3 is 1. The third kappa shape index (κ3) is 1.29. The summed E-state index contributed by atoms with van der Waals surface area (Å²) in [7, 11) is 1.43. The first kappa shape index (κ1) is 7.54. The largest absolute Gasteiger partial charge is 0.468 e. The van der Waals surface area contributed by atoms with Crippen LogP contribution in [0.2, 0.25) is 0 Å². The summed E-state index contributed by atoms with van der Waals surface area (Å²) in [6.07, 6.45) is 1.07. The van der Waals surface area contributed by atoms with Crippen molar-refractivity contribution >= 4 is 5.97 Å². The van der Waals surface area contributed by atoms with E-state index >= 15 is 0 Å². The van der Waals surface area contributed by atoms with Crippen LogP contribution in [0.3, 0.4) is 0 Å². The summed E-state index contributed by atoms with van der Waals surface area (Å²) in [5.74, 6) is 0.289. The molecule has 0 unspecified atom stereocenters. The van der Waals surface area contributed by atoms with Gasteiger partial charge in [-0.25, -0.2) is 0 Å². The van der Waals surface area contributed by atoms with Gasteiger partial charge in [0.25, 0.3) is 0 Å². The molecule has 3 nitrogen and oxygen atoms in total. The van der Waals surface area contributed by atoms with Crippen LogP contribution in [-0.2, 0) is 9.53 Å². The quantitative estimate of drug-likeness (QED) is 0.531. The molecule has 1 rings (SSSR count). The van der Waals surface area contributed by atoms with E-state index in [9.17, 15) is 4.79 Å². The molecule has 0 aliphatic carbocycles. The lowest BCUT2D eigenvalue weighted by molar-refractivity contribution is -0.143. The van der Waals surface area contributed by atoms with E-state index in [4.69, 9.17) is 0 Å². The van der Waals surface area contributed by atoms with Crippen LogP contribution in [-0.4, -0.2) is 25.7 Å². The van der Waals surface area contributed by atoms with E-state index in [0.717, 1.165) is 13.0 Å². The second kappa shape index (κ2) is 3.01. The van der Waals surface area contributed by atoms with Crippen LogP contribution in [0.4, 0.5) is 0 Å². The Hall–Kier alpha value is -0.570. The maximum absolute atomic E-state index is 10.9. The maximum Gasteiger partial charge on any atom is 0.323 e. The molecule has 1 N–H and O–H groups in total. The predicted molar refractivity (Wildman–Crippen MR) is 37.6 cm³/mol. The van der Waals surface area contributed by atoms with Gasteiger partial charge >= 0.3 is 5.97 Å². The van der Waals surface area contributed by atoms with Gasteiger partial charge in [0.05, 0.1) is 7.11 Å². The molecule has 2 atom stereocenters. The van der Waals surface area contributed by atoms with Crippen molar-refractivity contribution in [1.29, 1.82) is 0 Å². The average Bonchev–Trinajstić information content (AvgIpc) is 2.34. The van der Waals surface area contributed by atoms with Gasteiger partial charge in [0, 0.05) is 0 Å². The molecule has 0 spiro atoms. The Morgan fingerprint density at radius 3 is 2.80 bits per heavy atom. The number of carbonyl (C=O) groups is 1. The standard InChI is InChI=1S/C7H13NO2/c1-5-3-4-8-6(5)7(9)10-2/h5-6,8H,3-4H2,1-2H3/t5-,6+/m0/s1. The highest BCUT2D eigenvalue weighted by Gasteiger charge is 2.29. The number of carbonyl (C=O) groups excluding carboxylic acids is 1. The lowest BCUT2D eigenvalue weighted by Gasteiger charge is -2.11. The highest BCUT2D eigenvalue weighted by molar-refractivity contribution is 5.76. The third-order valence-electron chi connectivity index (χ3n) is 1.99. The van der Waals surface area contributed by atoms with E-state index in [1.165, 1.54) is 7.11 Å². The zero-order valence-corrected chi connectivity index (χ0v) is 6.39. The monoisotopic (exact) mass is 143 g/mol. The van der Waals surface area contributed by atoms with Crippen LogP contribution in [0.5, 0.6) is 0 Å². The van der Waals surface area contributed by atoms with Gasteiger partial charge in [-0.05, 0) is 18.9 Å². The number of ether oxygens (including phenoxy) is 1. The van der Waals surface area contributed by atoms with Crippen LogP contribution in [0, 0.1) is 5.92 Å². The Morgan fingerprint density at radius 2 is 2.40 bits per heavy atom. The van der Waals surface area contributed by atoms with Gasteiger partial charge in [0.2, 0.25) is 0 Å². The SMILES string of the molecule is COC(=O)[C@@H]1NCC[C@@H]1C. The van der Waals surface area contributed by atoms with Crippen molar-refractivity contribution in [3.8, 4) is 0 Å². The Morgan fingerprint density at radius 1 is 1.70 bits per heavy atom. The van der Waals surface area contributed by atoms with Gasteiger partial charge in [-0.3, -0.25) is 4.79 Å². The summed E-state index contributed by atoms with van der Waals surface area (Å²) in [6, 6.07) is -0.0648. The van der Waals surface area contributed by atoms with E-state index in [0.29, 0.717) is 5.92 Å². The number of rotatable bonds is 1. The molecule has 1 heterocycles. The van der Waals surface area contributed by atoms with Crippen LogP contribution in [0.25, 0.3) is 0 Å². The average molecular weight is 143 g/mol. The fraction of sp³-hybridized carbons (Fsp3) is 0.857. The Kier molecular flexibility index (Phi) is 2.27. The minimum absolute atomic E-state index is 0.0648. The number of nitrogens with one attached hydrogen (secondary N) is 1. The van der Waals surface area contributed by atoms with E-state index in [-0.39, 0.29) is 12.0 Å². The molecule has 1 aliphatic rings. The van der Waals surface area contributed by atoms with Crippen molar-refractivity contribution in [3.63, 3.8) is 0 Å². The molecule has 1 fully saturated rings. The molecule has 0 saturated carbocycles. The lowest BCUT2D eigenvalue weighted by atomic mass is 10.0. The Labute approximate surface area is 60.7 Å². The molecular formula is C7H13NO2. The van der Waals surface area contributed by atoms with Crippen molar-refractivity contribution in [1.82, 2.24) is 5.32 Å². The summed E-state index contributed by atoms with van der Waals surface area (Å²) in [5, 5.41) is 3.08. The maximum atomic E-state index is 10.9. The topological polar surface area (TPSA) is 38.3 Å². The lowest BCUT2D eigenvalue weighted by Crippen LogP contribution is -2.35. The first-order chi connectivity index (χ1) is 4.75. The molecule has 0 radical (unpaired) electrons. The minimum atomic E-state index is -0.134. The molecule has 0 aromatic rings. The van der Waals surface area contributed by atoms with Gasteiger partial charge in [-0.1, -0.05) is 6.92 Å². The third-order valence-corrected chi connectivity index (χ3v) is 1.99. The van der Waals surface area contributed by atoms with Gasteiger partial charge < -0.3 is 10.1 Å². The second-order valence-electron chi connectivity index (χ2n) is 2.72. The molecule has 0 bridgehead atoms. The summed E-state index contributed by atoms with van der Waals surface area (Å²) >= 11 is 0. The summed E-state index contributed by atoms with van der Waals surface area (Å²) < 4.78 is 4.60. The summed E-state index contributed by atoms with van der Waals surface area (Å²) in [4.78, 5) is 10.9. The van der Waals surface area contributed by atoms with Crippen molar-refractivity contribution in [3.05, 3.63) is 0 Å². The van der Waals surface area contributed by atoms with Crippen LogP contribution in [0.15, 0.2) is 0 Å². The van der Waals surface area contributed by atoms with Crippen molar-refractivity contribution < 1.29 is 9.53 Å². The van der Waals surface area contributed by atoms with E-state index in [2.05, 4.69) is 17.0 Å². The van der Waals surface area contributed by atoms with Crippen LogP contribution >= 0.6 is 0 Å². The molecule has 10 heavy (non-hydrogen) atoms. The zero-order valence-electron chi connectivity index (χ0n) is 6.39. The first-order valence-electron chi connectivity index (χ1n) is 3.57. The molecule has 58 valence electrons. The number of esters is 1. The second-order valence-corrected chi connectivity index (χ2v) is 2.72. The molecule has 1 saturated heterocycles. The molecule has 0 aromatic heterocycles. The fourth-order valence-corrected chi connectivity index (χ4v) is 1.28. The van der Waals surface area contributed by atoms with Gasteiger partial charge in [0.15, 0.2) is 0 Å². The molecule has 1 aliphatic heterocycles. The first-order valence-corrected chi connectivity index (χ1v) is 3.57. The summed E-state index contributed by atoms with van der Waals surface area (Å²) in [6.45, 7) is 2.99. The highest BCUT2D eigenvalue weighted by Crippen LogP contribution is 2.14. The smallest absolute Gasteiger partial charge is 0.323 e. The minimum Gasteiger partial charge on any atom is -0.468 e. The normalized spacial score (nSPS) is 32.2. The van der Waals surface area contributed by atoms with E-state index in [1.807, 2.05) is 0 Å². The van der Waals surface area contributed by atoms with Crippen molar-refractivity contribution in [2.75, 3.05) is 13.7 Å². The van der Waals surface area contributed by atoms with Gasteiger partial charge in [-0.2, -0.15) is 0 Å². The molecule has 0 aromatic carbocycles. The van der Waals surface area contributed by atoms with Crippen molar-refractivity contribution in [2.45, 2.75) is 19.4 Å². The molecule has 0 amide bonds. The molecular weight excluding hydrogens is 130 g/mol. The van der Waals surface area contributed by atoms with Crippen LogP contribution in [0.1, 0.15) is 13.3 Å². The number of hydrogen-bond donors (Lipinski definition) is 1. The molecule has 3 heteroatoms. The predicted octanol–water partition coefficient (Wildman–Crippen LogP) is 0.157. The zero-order chi connectivity index (χ0) is 7.56. The van der Waals surface area contributed by atoms with Gasteiger partial charge in [-0.15, -0.1) is 0 Å². The van der Waals surface area contributed by atoms with Gasteiger partial charge in [0.1, 0.15) is 6.04 Å². The highest BCUT2D eigenvalue weighted by atomic mass is 16.5. The Balaban J connectivity index is 2.46. The van der Waals surface area contributed by atoms with Crippen molar-refractivity contribution in [2.24, 2.45) is 5.92 Å². The van der Waals surface area contributed by atoms with E-state index < -0.39 is 0 Å².